The molecule has 0 aromatic heterocycles. The minimum Gasteiger partial charge on any atom is -0.508 e. The number of hydrogen-bond donors (Lipinski definition) is 2. The number of carbonyl (C=O) groups is 4. The number of nitrogens with zero attached hydrogens (tertiary/aromatic N) is 2. The lowest BCUT2D eigenvalue weighted by atomic mass is 9.49. The lowest BCUT2D eigenvalue weighted by Gasteiger charge is -2.50. The van der Waals surface area contributed by atoms with E-state index in [1.165, 1.54) is 48.4 Å². The van der Waals surface area contributed by atoms with Gasteiger partial charge in [-0.05, 0) is 91.4 Å². The van der Waals surface area contributed by atoms with Gasteiger partial charge in [-0.1, -0.05) is 59.1 Å². The Kier molecular flexibility index (Phi) is 8.15. The standard InChI is InChI=1S/C40H32Cl2FN3O6/c1-20-3-12-25(17-32(20)42)45-36(48)29-16-15-27-30(34(29)38(45)50)19-31-37(49)46(44-24-10-8-23(43)9-11-24)39(51)40(31,21-4-6-22(41)7-5-21)35(27)28-14-13-26(47)18-33(28)52-2/h3-15,17-18,29-31,34-35,44,47H,16,19H2,1-2H3. The monoisotopic (exact) mass is 739 g/mol. The van der Waals surface area contributed by atoms with Gasteiger partial charge in [0.25, 0.3) is 11.8 Å². The summed E-state index contributed by atoms with van der Waals surface area (Å²) in [5, 5.41) is 12.3. The normalized spacial score (nSPS) is 26.6. The van der Waals surface area contributed by atoms with Gasteiger partial charge in [-0.15, -0.1) is 0 Å². The number of ether oxygens (including phenoxy) is 1. The van der Waals surface area contributed by atoms with Crippen LogP contribution in [0.2, 0.25) is 10.0 Å². The molecule has 6 atom stereocenters. The Labute approximate surface area is 308 Å². The van der Waals surface area contributed by atoms with Gasteiger partial charge in [-0.25, -0.2) is 9.29 Å². The van der Waals surface area contributed by atoms with E-state index in [4.69, 9.17) is 27.9 Å². The largest absolute Gasteiger partial charge is 0.508 e. The van der Waals surface area contributed by atoms with E-state index in [1.807, 2.05) is 13.0 Å². The zero-order valence-electron chi connectivity index (χ0n) is 28.0. The quantitative estimate of drug-likeness (QED) is 0.157. The van der Waals surface area contributed by atoms with E-state index in [9.17, 15) is 23.9 Å². The lowest BCUT2D eigenvalue weighted by molar-refractivity contribution is -0.138. The maximum Gasteiger partial charge on any atom is 0.260 e. The molecule has 4 amide bonds. The molecule has 12 heteroatoms. The van der Waals surface area contributed by atoms with Crippen LogP contribution in [0.3, 0.4) is 0 Å². The van der Waals surface area contributed by atoms with Crippen molar-refractivity contribution in [2.75, 3.05) is 17.4 Å². The molecule has 0 bridgehead atoms. The summed E-state index contributed by atoms with van der Waals surface area (Å²) in [4.78, 5) is 59.8. The predicted molar refractivity (Wildman–Crippen MR) is 192 cm³/mol. The number of anilines is 2. The molecule has 6 unspecified atom stereocenters. The second-order valence-corrected chi connectivity index (χ2v) is 14.6. The molecule has 2 aliphatic heterocycles. The number of carbonyl (C=O) groups excluding carboxylic acids is 4. The molecule has 0 radical (unpaired) electrons. The van der Waals surface area contributed by atoms with Crippen LogP contribution < -0.4 is 15.1 Å². The van der Waals surface area contributed by atoms with Gasteiger partial charge < -0.3 is 9.84 Å². The second-order valence-electron chi connectivity index (χ2n) is 13.7. The highest BCUT2D eigenvalue weighted by Crippen LogP contribution is 2.65. The average molecular weight is 741 g/mol. The van der Waals surface area contributed by atoms with Gasteiger partial charge in [0.1, 0.15) is 17.3 Å². The summed E-state index contributed by atoms with van der Waals surface area (Å²) >= 11 is 12.8. The van der Waals surface area contributed by atoms with Crippen molar-refractivity contribution in [2.24, 2.45) is 23.7 Å². The number of aryl methyl sites for hydroxylation is 1. The summed E-state index contributed by atoms with van der Waals surface area (Å²) in [5.74, 6) is -6.25. The molecule has 2 N–H and O–H groups in total. The van der Waals surface area contributed by atoms with E-state index in [1.54, 1.807) is 48.5 Å². The van der Waals surface area contributed by atoms with Crippen molar-refractivity contribution in [2.45, 2.75) is 31.1 Å². The Balaban J connectivity index is 1.34. The van der Waals surface area contributed by atoms with Crippen molar-refractivity contribution in [3.05, 3.63) is 129 Å². The number of aromatic hydroxyl groups is 1. The second kappa shape index (κ2) is 12.5. The molecule has 8 rings (SSSR count). The Hall–Kier alpha value is -5.19. The molecule has 1 saturated carbocycles. The Morgan fingerprint density at radius 3 is 2.31 bits per heavy atom. The van der Waals surface area contributed by atoms with Gasteiger partial charge in [0.05, 0.1) is 41.7 Å². The number of halogens is 3. The Morgan fingerprint density at radius 1 is 0.885 bits per heavy atom. The maximum absolute atomic E-state index is 15.3. The molecule has 2 aliphatic carbocycles. The van der Waals surface area contributed by atoms with E-state index in [0.29, 0.717) is 38.1 Å². The molecule has 3 fully saturated rings. The van der Waals surface area contributed by atoms with E-state index in [2.05, 4.69) is 5.43 Å². The van der Waals surface area contributed by atoms with Crippen LogP contribution in [0.4, 0.5) is 15.8 Å². The molecule has 2 heterocycles. The highest BCUT2D eigenvalue weighted by atomic mass is 35.5. The number of methoxy groups -OCH3 is 1. The number of allylic oxidation sites excluding steroid dienone is 2. The number of nitrogens with one attached hydrogen (secondary N) is 1. The van der Waals surface area contributed by atoms with Crippen molar-refractivity contribution in [1.82, 2.24) is 5.01 Å². The van der Waals surface area contributed by atoms with Crippen LogP contribution in [0.1, 0.15) is 35.4 Å². The summed E-state index contributed by atoms with van der Waals surface area (Å²) in [7, 11) is 1.45. The van der Waals surface area contributed by atoms with Gasteiger partial charge in [0.2, 0.25) is 11.8 Å². The third-order valence-electron chi connectivity index (χ3n) is 11.2. The number of hydrazine groups is 1. The van der Waals surface area contributed by atoms with Crippen molar-refractivity contribution < 1.29 is 33.4 Å². The van der Waals surface area contributed by atoms with Crippen molar-refractivity contribution in [3.8, 4) is 11.5 Å². The molecular formula is C40H32Cl2FN3O6. The number of phenols is 1. The summed E-state index contributed by atoms with van der Waals surface area (Å²) in [6, 6.07) is 21.7. The van der Waals surface area contributed by atoms with E-state index >= 15 is 4.79 Å². The maximum atomic E-state index is 15.3. The molecule has 4 aliphatic rings. The van der Waals surface area contributed by atoms with Crippen molar-refractivity contribution in [1.29, 1.82) is 0 Å². The summed E-state index contributed by atoms with van der Waals surface area (Å²) in [6.45, 7) is 1.83. The zero-order chi connectivity index (χ0) is 36.6. The first kappa shape index (κ1) is 33.9. The van der Waals surface area contributed by atoms with Crippen LogP contribution in [0.15, 0.2) is 96.6 Å². The van der Waals surface area contributed by atoms with Crippen molar-refractivity contribution in [3.63, 3.8) is 0 Å². The Morgan fingerprint density at radius 2 is 1.62 bits per heavy atom. The van der Waals surface area contributed by atoms with Gasteiger partial charge in [0, 0.05) is 27.6 Å². The molecule has 264 valence electrons. The number of imide groups is 2. The molecule has 52 heavy (non-hydrogen) atoms. The fourth-order valence-corrected chi connectivity index (χ4v) is 9.21. The molecule has 9 nitrogen and oxygen atoms in total. The van der Waals surface area contributed by atoms with Crippen LogP contribution in [0, 0.1) is 36.4 Å². The number of hydrogen-bond acceptors (Lipinski definition) is 7. The summed E-state index contributed by atoms with van der Waals surface area (Å²) in [5.41, 5.74) is 4.55. The number of rotatable bonds is 6. The van der Waals surface area contributed by atoms with E-state index in [0.717, 1.165) is 10.6 Å². The SMILES string of the molecule is COc1cc(O)ccc1C1C2=CCC3C(=O)N(c4ccc(C)c(Cl)c4)C(=O)C3C2CC2C(=O)N(Nc3ccc(F)cc3)C(=O)C21c1ccc(Cl)cc1. The van der Waals surface area contributed by atoms with Crippen molar-refractivity contribution >= 4 is 58.2 Å². The molecule has 4 aromatic carbocycles. The van der Waals surface area contributed by atoms with Crippen LogP contribution >= 0.6 is 23.2 Å². The van der Waals surface area contributed by atoms with Gasteiger partial charge in [-0.3, -0.25) is 24.6 Å². The molecule has 4 aromatic rings. The first-order valence-electron chi connectivity index (χ1n) is 16.8. The van der Waals surface area contributed by atoms with Crippen LogP contribution in [-0.2, 0) is 24.6 Å². The van der Waals surface area contributed by atoms with Crippen LogP contribution in [-0.4, -0.2) is 40.9 Å². The van der Waals surface area contributed by atoms with Crippen LogP contribution in [0.25, 0.3) is 0 Å². The zero-order valence-corrected chi connectivity index (χ0v) is 29.5. The number of amides is 4. The third kappa shape index (κ3) is 4.95. The minimum absolute atomic E-state index is 0.0693. The first-order valence-corrected chi connectivity index (χ1v) is 17.6. The summed E-state index contributed by atoms with van der Waals surface area (Å²) < 4.78 is 19.7. The Bertz CT molecular complexity index is 2210. The average Bonchev–Trinajstić information content (AvgIpc) is 3.51. The minimum atomic E-state index is -1.59. The smallest absolute Gasteiger partial charge is 0.260 e. The summed E-state index contributed by atoms with van der Waals surface area (Å²) in [6.07, 6.45) is 2.22. The van der Waals surface area contributed by atoms with Gasteiger partial charge in [-0.2, -0.15) is 5.01 Å². The van der Waals surface area contributed by atoms with E-state index < -0.39 is 58.5 Å². The number of benzene rings is 4. The van der Waals surface area contributed by atoms with Gasteiger partial charge >= 0.3 is 0 Å². The van der Waals surface area contributed by atoms with Crippen LogP contribution in [0.5, 0.6) is 11.5 Å². The lowest BCUT2D eigenvalue weighted by Crippen LogP contribution is -2.53. The molecule has 2 saturated heterocycles. The third-order valence-corrected chi connectivity index (χ3v) is 11.9. The fourth-order valence-electron chi connectivity index (χ4n) is 8.91. The highest BCUT2D eigenvalue weighted by molar-refractivity contribution is 6.32. The van der Waals surface area contributed by atoms with Gasteiger partial charge in [0.15, 0.2) is 0 Å². The van der Waals surface area contributed by atoms with E-state index in [-0.39, 0.29) is 30.2 Å². The highest BCUT2D eigenvalue weighted by Gasteiger charge is 2.70. The molecule has 0 spiro atoms. The fraction of sp³-hybridized carbons (Fsp3) is 0.250. The first-order chi connectivity index (χ1) is 24.9. The predicted octanol–water partition coefficient (Wildman–Crippen LogP) is 7.34. The number of phenolic OH excluding ortho intramolecular Hbond substituents is 1. The topological polar surface area (TPSA) is 116 Å². The number of fused-ring (bicyclic) bond motifs is 4. The molecular weight excluding hydrogens is 708 g/mol.